The molecule has 2 aromatic carbocycles. The van der Waals surface area contributed by atoms with Crippen LogP contribution < -0.4 is 22.3 Å². The number of carboxylic acids is 1. The second-order valence-electron chi connectivity index (χ2n) is 15.3. The number of carboxylic acid groups (broad SMARTS) is 1. The molecule has 16 nitrogen and oxygen atoms in total. The number of thioether (sulfide) groups is 1. The van der Waals surface area contributed by atoms with E-state index in [1.165, 1.54) is 4.90 Å². The average molecular weight is 843 g/mol. The quantitative estimate of drug-likeness (QED) is 0.0546. The largest absolute Gasteiger partial charge is 0.480 e. The molecule has 0 saturated carbocycles. The first-order valence-corrected chi connectivity index (χ1v) is 20.2. The Morgan fingerprint density at radius 3 is 2.39 bits per heavy atom. The number of benzene rings is 2. The molecule has 3 aromatic rings. The number of unbranched alkanes of at least 4 members (excludes halogenated alkanes) is 2. The third-order valence-corrected chi connectivity index (χ3v) is 11.0. The lowest BCUT2D eigenvalue weighted by Crippen LogP contribution is -2.51. The van der Waals surface area contributed by atoms with Gasteiger partial charge in [0.2, 0.25) is 23.6 Å². The molecule has 5 amide bonds. The van der Waals surface area contributed by atoms with Crippen LogP contribution in [0.3, 0.4) is 0 Å². The zero-order chi connectivity index (χ0) is 43.4. The van der Waals surface area contributed by atoms with Gasteiger partial charge < -0.3 is 31.1 Å². The summed E-state index contributed by atoms with van der Waals surface area (Å²) in [6.45, 7) is 4.98. The predicted octanol–water partition coefficient (Wildman–Crippen LogP) is 2.48. The highest BCUT2D eigenvalue weighted by atomic mass is 32.2. The highest BCUT2D eigenvalue weighted by Crippen LogP contribution is 2.39. The van der Waals surface area contributed by atoms with E-state index in [0.29, 0.717) is 25.1 Å². The number of nitrogens with zero attached hydrogens (tertiary/aromatic N) is 4. The highest BCUT2D eigenvalue weighted by molar-refractivity contribution is 8.00. The first kappa shape index (κ1) is 46.4. The Labute approximate surface area is 345 Å². The Morgan fingerprint density at radius 2 is 1.73 bits per heavy atom. The van der Waals surface area contributed by atoms with Gasteiger partial charge in [-0.1, -0.05) is 57.5 Å². The number of likely N-dealkylation sites (tertiary alicyclic amines) is 1. The van der Waals surface area contributed by atoms with E-state index in [0.717, 1.165) is 40.4 Å². The zero-order valence-electron chi connectivity index (χ0n) is 33.2. The van der Waals surface area contributed by atoms with Crippen LogP contribution in [0.25, 0.3) is 11.3 Å². The number of imide groups is 1. The predicted molar refractivity (Wildman–Crippen MR) is 215 cm³/mol. The van der Waals surface area contributed by atoms with Gasteiger partial charge in [0.25, 0.3) is 5.91 Å². The summed E-state index contributed by atoms with van der Waals surface area (Å²) in [6.07, 6.45) is 2.78. The van der Waals surface area contributed by atoms with E-state index in [4.69, 9.17) is 21.6 Å². The van der Waals surface area contributed by atoms with Crippen molar-refractivity contribution in [2.24, 2.45) is 16.9 Å². The number of amides is 5. The maximum Gasteiger partial charge on any atom is 0.321 e. The van der Waals surface area contributed by atoms with Gasteiger partial charge in [0.1, 0.15) is 30.1 Å². The van der Waals surface area contributed by atoms with Gasteiger partial charge in [0.05, 0.1) is 23.0 Å². The molecular weight excluding hydrogens is 791 g/mol. The number of rotatable bonds is 20. The van der Waals surface area contributed by atoms with Crippen molar-refractivity contribution in [2.45, 2.75) is 89.2 Å². The number of aromatic nitrogens is 2. The molecule has 0 aliphatic carbocycles. The second-order valence-corrected chi connectivity index (χ2v) is 16.6. The van der Waals surface area contributed by atoms with Crippen molar-refractivity contribution in [1.29, 1.82) is 0 Å². The first-order valence-electron chi connectivity index (χ1n) is 19.2. The van der Waals surface area contributed by atoms with Crippen molar-refractivity contribution in [2.75, 3.05) is 25.4 Å². The van der Waals surface area contributed by atoms with Gasteiger partial charge in [-0.05, 0) is 48.4 Å². The fraction of sp³-hybridized carbons (Fsp3) is 0.475. The third kappa shape index (κ3) is 12.9. The summed E-state index contributed by atoms with van der Waals surface area (Å²) in [5.41, 5.74) is 16.5. The van der Waals surface area contributed by atoms with Crippen molar-refractivity contribution in [3.8, 4) is 11.3 Å². The molecule has 4 atom stereocenters. The zero-order valence-corrected chi connectivity index (χ0v) is 34.1. The molecule has 320 valence electrons. The minimum absolute atomic E-state index is 0.00335. The number of imidazole rings is 1. The van der Waals surface area contributed by atoms with E-state index >= 15 is 4.39 Å². The van der Waals surface area contributed by atoms with Gasteiger partial charge in [-0.25, -0.2) is 13.8 Å². The SMILES string of the molecule is CC(C)(C)C(c1nc(-c2cc(F)ccc2F)cn1Cc1ccccc1)N(CCC(N)C(=O)NNC(=O)CCCCCN1C(=O)CC(SCC(N)C(=O)O)C1=O)C(=O)CO. The van der Waals surface area contributed by atoms with E-state index in [1.54, 1.807) is 10.8 Å². The summed E-state index contributed by atoms with van der Waals surface area (Å²) >= 11 is 1.04. The van der Waals surface area contributed by atoms with Gasteiger partial charge in [-0.3, -0.25) is 44.5 Å². The molecule has 0 bridgehead atoms. The first-order chi connectivity index (χ1) is 27.9. The van der Waals surface area contributed by atoms with Gasteiger partial charge >= 0.3 is 5.97 Å². The monoisotopic (exact) mass is 842 g/mol. The Hall–Kier alpha value is -5.24. The topological polar surface area (TPSA) is 243 Å². The number of aliphatic hydroxyl groups excluding tert-OH is 1. The summed E-state index contributed by atoms with van der Waals surface area (Å²) in [5.74, 6) is -4.90. The number of carbonyl (C=O) groups is 6. The summed E-state index contributed by atoms with van der Waals surface area (Å²) in [5, 5.41) is 18.3. The van der Waals surface area contributed by atoms with E-state index in [9.17, 15) is 38.3 Å². The number of halogens is 2. The van der Waals surface area contributed by atoms with Crippen molar-refractivity contribution in [3.05, 3.63) is 77.8 Å². The Kier molecular flexibility index (Phi) is 16.6. The summed E-state index contributed by atoms with van der Waals surface area (Å²) in [6, 6.07) is 9.17. The summed E-state index contributed by atoms with van der Waals surface area (Å²) in [7, 11) is 0. The number of carbonyl (C=O) groups excluding carboxylic acids is 5. The molecule has 4 unspecified atom stereocenters. The molecule has 1 aliphatic rings. The Balaban J connectivity index is 1.34. The lowest BCUT2D eigenvalue weighted by Gasteiger charge is -2.40. The van der Waals surface area contributed by atoms with E-state index in [2.05, 4.69) is 10.9 Å². The molecule has 0 spiro atoms. The molecule has 59 heavy (non-hydrogen) atoms. The number of aliphatic hydroxyl groups is 1. The van der Waals surface area contributed by atoms with Gasteiger partial charge in [0.15, 0.2) is 0 Å². The van der Waals surface area contributed by atoms with Crippen molar-refractivity contribution < 1.29 is 47.8 Å². The molecular formula is C40H52F2N8O8S. The maximum absolute atomic E-state index is 15.0. The molecule has 4 rings (SSSR count). The fourth-order valence-electron chi connectivity index (χ4n) is 6.60. The van der Waals surface area contributed by atoms with Crippen molar-refractivity contribution >= 4 is 47.3 Å². The lowest BCUT2D eigenvalue weighted by molar-refractivity contribution is -0.140. The van der Waals surface area contributed by atoms with Crippen LogP contribution in [0.15, 0.2) is 54.7 Å². The van der Waals surface area contributed by atoms with E-state index < -0.39 is 76.6 Å². The molecule has 1 aliphatic heterocycles. The molecule has 2 heterocycles. The fourth-order valence-corrected chi connectivity index (χ4v) is 7.71. The number of hydrogen-bond acceptors (Lipinski definition) is 11. The smallest absolute Gasteiger partial charge is 0.321 e. The average Bonchev–Trinajstić information content (AvgIpc) is 3.72. The van der Waals surface area contributed by atoms with Crippen LogP contribution in [0.5, 0.6) is 0 Å². The van der Waals surface area contributed by atoms with Gasteiger partial charge in [-0.2, -0.15) is 0 Å². The maximum atomic E-state index is 15.0. The molecule has 0 radical (unpaired) electrons. The van der Waals surface area contributed by atoms with Gasteiger partial charge in [0, 0.05) is 50.0 Å². The Morgan fingerprint density at radius 1 is 1.02 bits per heavy atom. The van der Waals surface area contributed by atoms with Crippen LogP contribution in [0.4, 0.5) is 8.78 Å². The molecule has 19 heteroatoms. The second kappa shape index (κ2) is 21.1. The number of aliphatic carboxylic acids is 1. The van der Waals surface area contributed by atoms with Crippen LogP contribution in [-0.4, -0.2) is 108 Å². The standard InChI is InChI=1S/C40H52F2N8O8S/c1-40(2,3)35(36-45-30(26-18-25(41)13-14-27(26)42)21-48(36)20-24-10-6-4-7-11-24)49(34(54)22-51)17-15-28(43)37(55)47-46-32(52)12-8-5-9-16-50-33(53)19-31(38(50)56)59-23-29(44)39(57)58/h4,6-7,10-11,13-14,18,21,28-29,31,35,51H,5,8-9,12,15-17,19-20,22-23,43-44H2,1-3H3,(H,46,52)(H,47,55)(H,57,58). The number of nitrogens with one attached hydrogen (secondary N) is 2. The normalized spacial score (nSPS) is 15.8. The minimum atomic E-state index is -1.21. The van der Waals surface area contributed by atoms with Crippen molar-refractivity contribution in [3.63, 3.8) is 0 Å². The van der Waals surface area contributed by atoms with E-state index in [1.807, 2.05) is 51.1 Å². The minimum Gasteiger partial charge on any atom is -0.480 e. The number of hydrogen-bond donors (Lipinski definition) is 6. The number of hydrazine groups is 1. The molecule has 1 fully saturated rings. The molecule has 1 aromatic heterocycles. The van der Waals surface area contributed by atoms with Crippen LogP contribution in [0.1, 0.15) is 76.7 Å². The third-order valence-electron chi connectivity index (χ3n) is 9.66. The van der Waals surface area contributed by atoms with Crippen LogP contribution in [0, 0.1) is 17.0 Å². The molecule has 1 saturated heterocycles. The van der Waals surface area contributed by atoms with Crippen LogP contribution in [-0.2, 0) is 35.3 Å². The lowest BCUT2D eigenvalue weighted by atomic mass is 9.84. The van der Waals surface area contributed by atoms with Crippen LogP contribution in [0.2, 0.25) is 0 Å². The van der Waals surface area contributed by atoms with Gasteiger partial charge in [-0.15, -0.1) is 11.8 Å². The summed E-state index contributed by atoms with van der Waals surface area (Å²) in [4.78, 5) is 82.0. The number of nitrogens with two attached hydrogens (primary N) is 2. The van der Waals surface area contributed by atoms with Crippen molar-refractivity contribution in [1.82, 2.24) is 30.2 Å². The highest BCUT2D eigenvalue weighted by Gasteiger charge is 2.40. The molecule has 8 N–H and O–H groups in total. The Bertz CT molecular complexity index is 1980. The van der Waals surface area contributed by atoms with Crippen LogP contribution >= 0.6 is 11.8 Å². The summed E-state index contributed by atoms with van der Waals surface area (Å²) < 4.78 is 31.0. The van der Waals surface area contributed by atoms with E-state index in [-0.39, 0.29) is 61.8 Å².